The molecule has 5 rings (SSSR count). The number of anilines is 1. The summed E-state index contributed by atoms with van der Waals surface area (Å²) in [6.07, 6.45) is 4.55. The van der Waals surface area contributed by atoms with Gasteiger partial charge in [-0.15, -0.1) is 0 Å². The van der Waals surface area contributed by atoms with Crippen molar-refractivity contribution in [2.24, 2.45) is 5.11 Å². The maximum Gasteiger partial charge on any atom is 0.218 e. The standard InChI is InChI=1S/C20H20FN9O2/c1-11-9-32-20-13(3-14(21)4-23-20)7-29-15(5-24-28-22)10-31-17-8-30-18(27-19(17)29)16(6-25-30)12(2)26-11/h3-4,6,8,11,15,26H,2,5,7,9-10H2,1H3/t11-,15-/m1/s1. The van der Waals surface area contributed by atoms with E-state index in [0.29, 0.717) is 34.4 Å². The summed E-state index contributed by atoms with van der Waals surface area (Å²) in [6.45, 7) is 7.01. The third kappa shape index (κ3) is 3.50. The molecule has 11 nitrogen and oxygen atoms in total. The topological polar surface area (TPSA) is 126 Å². The van der Waals surface area contributed by atoms with Gasteiger partial charge in [0.15, 0.2) is 17.2 Å². The highest BCUT2D eigenvalue weighted by Gasteiger charge is 2.31. The maximum atomic E-state index is 14.1. The number of halogens is 1. The normalized spacial score (nSPS) is 20.1. The number of fused-ring (bicyclic) bond motifs is 1. The van der Waals surface area contributed by atoms with Crippen LogP contribution in [0.3, 0.4) is 0 Å². The highest BCUT2D eigenvalue weighted by molar-refractivity contribution is 5.75. The van der Waals surface area contributed by atoms with Gasteiger partial charge in [0, 0.05) is 22.7 Å². The Morgan fingerprint density at radius 3 is 3.09 bits per heavy atom. The van der Waals surface area contributed by atoms with Gasteiger partial charge in [-0.2, -0.15) is 5.10 Å². The van der Waals surface area contributed by atoms with Crippen LogP contribution in [0.4, 0.5) is 10.2 Å². The Labute approximate surface area is 182 Å². The Morgan fingerprint density at radius 2 is 2.25 bits per heavy atom. The van der Waals surface area contributed by atoms with E-state index in [2.05, 4.69) is 32.0 Å². The van der Waals surface area contributed by atoms with Crippen LogP contribution in [0, 0.1) is 5.82 Å². The van der Waals surface area contributed by atoms with Gasteiger partial charge in [0.25, 0.3) is 0 Å². The molecule has 0 spiro atoms. The molecule has 164 valence electrons. The molecular formula is C20H20FN9O2. The van der Waals surface area contributed by atoms with Crippen molar-refractivity contribution in [2.75, 3.05) is 24.7 Å². The van der Waals surface area contributed by atoms with Gasteiger partial charge in [-0.3, -0.25) is 0 Å². The van der Waals surface area contributed by atoms with E-state index in [-0.39, 0.29) is 38.4 Å². The highest BCUT2D eigenvalue weighted by atomic mass is 19.1. The number of nitrogens with zero attached hydrogens (tertiary/aromatic N) is 8. The van der Waals surface area contributed by atoms with Crippen molar-refractivity contribution in [3.05, 3.63) is 58.6 Å². The molecule has 0 radical (unpaired) electrons. The average Bonchev–Trinajstić information content (AvgIpc) is 3.19. The number of pyridine rings is 1. The summed E-state index contributed by atoms with van der Waals surface area (Å²) in [7, 11) is 0. The van der Waals surface area contributed by atoms with E-state index in [0.717, 1.165) is 11.8 Å². The molecule has 12 heteroatoms. The molecule has 0 unspecified atom stereocenters. The first-order valence-corrected chi connectivity index (χ1v) is 10.0. The van der Waals surface area contributed by atoms with Gasteiger partial charge in [-0.1, -0.05) is 11.7 Å². The van der Waals surface area contributed by atoms with Gasteiger partial charge >= 0.3 is 0 Å². The largest absolute Gasteiger partial charge is 0.486 e. The lowest BCUT2D eigenvalue weighted by atomic mass is 10.1. The van der Waals surface area contributed by atoms with E-state index in [1.165, 1.54) is 6.07 Å². The second-order valence-corrected chi connectivity index (χ2v) is 7.71. The molecule has 5 heterocycles. The zero-order valence-electron chi connectivity index (χ0n) is 17.3. The Balaban J connectivity index is 1.70. The van der Waals surface area contributed by atoms with Crippen molar-refractivity contribution < 1.29 is 13.9 Å². The van der Waals surface area contributed by atoms with Crippen LogP contribution < -0.4 is 19.7 Å². The quantitative estimate of drug-likeness (QED) is 0.371. The molecule has 2 aliphatic heterocycles. The number of hydrogen-bond donors (Lipinski definition) is 1. The fourth-order valence-corrected chi connectivity index (χ4v) is 3.86. The Bertz CT molecular complexity index is 1250. The van der Waals surface area contributed by atoms with Crippen LogP contribution in [0.25, 0.3) is 21.8 Å². The van der Waals surface area contributed by atoms with Crippen molar-refractivity contribution in [3.63, 3.8) is 0 Å². The number of hydrogen-bond acceptors (Lipinski definition) is 8. The molecule has 0 fully saturated rings. The Kier molecular flexibility index (Phi) is 4.91. The van der Waals surface area contributed by atoms with E-state index < -0.39 is 5.82 Å². The monoisotopic (exact) mass is 437 g/mol. The lowest BCUT2D eigenvalue weighted by Crippen LogP contribution is -2.45. The number of azide groups is 1. The first-order chi connectivity index (χ1) is 15.5. The Hall–Kier alpha value is -4.05. The van der Waals surface area contributed by atoms with Gasteiger partial charge < -0.3 is 19.7 Å². The molecule has 0 aliphatic carbocycles. The minimum Gasteiger partial charge on any atom is -0.486 e. The fourth-order valence-electron chi connectivity index (χ4n) is 3.86. The summed E-state index contributed by atoms with van der Waals surface area (Å²) in [4.78, 5) is 13.8. The molecular weight excluding hydrogens is 417 g/mol. The van der Waals surface area contributed by atoms with Gasteiger partial charge in [0.2, 0.25) is 5.88 Å². The fraction of sp³-hybridized carbons (Fsp3) is 0.350. The average molecular weight is 437 g/mol. The molecule has 0 aromatic carbocycles. The van der Waals surface area contributed by atoms with Crippen LogP contribution in [0.2, 0.25) is 0 Å². The van der Waals surface area contributed by atoms with Crippen LogP contribution >= 0.6 is 0 Å². The molecule has 2 atom stereocenters. The predicted molar refractivity (Wildman–Crippen MR) is 114 cm³/mol. The second-order valence-electron chi connectivity index (χ2n) is 7.71. The molecule has 2 aliphatic rings. The summed E-state index contributed by atoms with van der Waals surface area (Å²) in [5.41, 5.74) is 11.3. The van der Waals surface area contributed by atoms with Crippen LogP contribution in [0.5, 0.6) is 11.6 Å². The maximum absolute atomic E-state index is 14.1. The summed E-state index contributed by atoms with van der Waals surface area (Å²) in [5.74, 6) is 0.888. The van der Waals surface area contributed by atoms with Crippen molar-refractivity contribution in [1.29, 1.82) is 0 Å². The smallest absolute Gasteiger partial charge is 0.218 e. The van der Waals surface area contributed by atoms with Gasteiger partial charge in [-0.25, -0.2) is 18.9 Å². The van der Waals surface area contributed by atoms with Crippen molar-refractivity contribution >= 4 is 17.2 Å². The molecule has 1 N–H and O–H groups in total. The zero-order chi connectivity index (χ0) is 22.2. The Morgan fingerprint density at radius 1 is 1.38 bits per heavy atom. The molecule has 2 bridgehead atoms. The number of rotatable bonds is 2. The summed E-state index contributed by atoms with van der Waals surface area (Å²) in [6, 6.07) is 0.965. The number of aromatic nitrogens is 4. The van der Waals surface area contributed by atoms with Crippen LogP contribution in [-0.2, 0) is 6.54 Å². The van der Waals surface area contributed by atoms with E-state index in [9.17, 15) is 4.39 Å². The summed E-state index contributed by atoms with van der Waals surface area (Å²) < 4.78 is 27.6. The van der Waals surface area contributed by atoms with E-state index in [1.807, 2.05) is 11.8 Å². The second kappa shape index (κ2) is 7.89. The number of ether oxygens (including phenoxy) is 2. The van der Waals surface area contributed by atoms with Gasteiger partial charge in [0.05, 0.1) is 42.8 Å². The minimum absolute atomic E-state index is 0.107. The first-order valence-electron chi connectivity index (χ1n) is 10.0. The van der Waals surface area contributed by atoms with E-state index in [1.54, 1.807) is 16.9 Å². The van der Waals surface area contributed by atoms with Crippen molar-refractivity contribution in [2.45, 2.75) is 25.6 Å². The third-order valence-corrected chi connectivity index (χ3v) is 5.39. The van der Waals surface area contributed by atoms with Crippen LogP contribution in [-0.4, -0.2) is 51.4 Å². The lowest BCUT2D eigenvalue weighted by molar-refractivity contribution is 0.255. The zero-order valence-corrected chi connectivity index (χ0v) is 17.3. The molecule has 0 saturated carbocycles. The van der Waals surface area contributed by atoms with Crippen LogP contribution in [0.1, 0.15) is 18.1 Å². The summed E-state index contributed by atoms with van der Waals surface area (Å²) >= 11 is 0. The molecule has 32 heavy (non-hydrogen) atoms. The van der Waals surface area contributed by atoms with Crippen LogP contribution in [0.15, 0.2) is 36.4 Å². The molecule has 0 amide bonds. The van der Waals surface area contributed by atoms with Gasteiger partial charge in [0.1, 0.15) is 19.0 Å². The predicted octanol–water partition coefficient (Wildman–Crippen LogP) is 2.68. The first kappa shape index (κ1) is 19.9. The summed E-state index contributed by atoms with van der Waals surface area (Å²) in [5, 5.41) is 11.4. The van der Waals surface area contributed by atoms with Gasteiger partial charge in [-0.05, 0) is 18.5 Å². The number of nitrogens with one attached hydrogen (secondary N) is 1. The lowest BCUT2D eigenvalue weighted by Gasteiger charge is -2.37. The highest BCUT2D eigenvalue weighted by Crippen LogP contribution is 2.36. The van der Waals surface area contributed by atoms with Crippen molar-refractivity contribution in [3.8, 4) is 11.6 Å². The van der Waals surface area contributed by atoms with E-state index in [4.69, 9.17) is 20.0 Å². The SMILES string of the molecule is C=C1N[C@H](C)COc2ncc(F)cc2CN2c3nc4c1cnn4cc3OC[C@H]2CN=[N+]=[N-]. The molecule has 3 aromatic heterocycles. The third-order valence-electron chi connectivity index (χ3n) is 5.39. The van der Waals surface area contributed by atoms with Crippen molar-refractivity contribution in [1.82, 2.24) is 24.9 Å². The molecule has 0 saturated heterocycles. The molecule has 3 aromatic rings. The van der Waals surface area contributed by atoms with E-state index >= 15 is 0 Å². The minimum atomic E-state index is -0.474.